The van der Waals surface area contributed by atoms with Crippen LogP contribution in [0.3, 0.4) is 0 Å². The zero-order valence-electron chi connectivity index (χ0n) is 12.3. The summed E-state index contributed by atoms with van der Waals surface area (Å²) in [5.41, 5.74) is -0.925. The summed E-state index contributed by atoms with van der Waals surface area (Å²) in [6.45, 7) is 7.97. The molecule has 1 rings (SSSR count). The van der Waals surface area contributed by atoms with Crippen LogP contribution in [0.2, 0.25) is 0 Å². The van der Waals surface area contributed by atoms with Crippen LogP contribution in [0, 0.1) is 0 Å². The van der Waals surface area contributed by atoms with E-state index in [9.17, 15) is 9.59 Å². The molecule has 0 radical (unpaired) electrons. The molecule has 1 aromatic heterocycles. The number of carboxylic acids is 1. The molecule has 3 N–H and O–H groups in total. The fraction of sp³-hybridized carbons (Fsp3) is 0.571. The molecule has 0 atom stereocenters. The Morgan fingerprint density at radius 1 is 1.30 bits per heavy atom. The van der Waals surface area contributed by atoms with E-state index in [1.54, 1.807) is 25.2 Å². The van der Waals surface area contributed by atoms with Crippen LogP contribution >= 0.6 is 11.3 Å². The van der Waals surface area contributed by atoms with Crippen LogP contribution in [0.15, 0.2) is 17.5 Å². The van der Waals surface area contributed by atoms with Gasteiger partial charge in [0.2, 0.25) is 0 Å². The van der Waals surface area contributed by atoms with Crippen molar-refractivity contribution in [1.29, 1.82) is 0 Å². The Labute approximate surface area is 123 Å². The van der Waals surface area contributed by atoms with Crippen LogP contribution in [0.5, 0.6) is 0 Å². The lowest BCUT2D eigenvalue weighted by Crippen LogP contribution is -2.51. The van der Waals surface area contributed by atoms with E-state index in [4.69, 9.17) is 5.11 Å². The minimum Gasteiger partial charge on any atom is -0.481 e. The highest BCUT2D eigenvalue weighted by Gasteiger charge is 2.26. The van der Waals surface area contributed by atoms with Crippen LogP contribution in [0.1, 0.15) is 39.0 Å². The molecule has 0 aromatic carbocycles. The second-order valence-corrected chi connectivity index (χ2v) is 7.07. The molecule has 0 saturated carbocycles. The summed E-state index contributed by atoms with van der Waals surface area (Å²) in [6, 6.07) is 3.68. The van der Waals surface area contributed by atoms with Gasteiger partial charge in [-0.2, -0.15) is 0 Å². The molecule has 0 bridgehead atoms. The monoisotopic (exact) mass is 298 g/mol. The molecule has 1 aromatic rings. The lowest BCUT2D eigenvalue weighted by molar-refractivity contribution is -0.138. The van der Waals surface area contributed by atoms with E-state index in [1.807, 2.05) is 17.5 Å². The Morgan fingerprint density at radius 2 is 1.95 bits per heavy atom. The number of hydrogen-bond donors (Lipinski definition) is 3. The average molecular weight is 298 g/mol. The van der Waals surface area contributed by atoms with Gasteiger partial charge in [0.1, 0.15) is 0 Å². The quantitative estimate of drug-likeness (QED) is 0.755. The summed E-state index contributed by atoms with van der Waals surface area (Å²) in [4.78, 5) is 23.7. The van der Waals surface area contributed by atoms with E-state index in [1.165, 1.54) is 4.88 Å². The average Bonchev–Trinajstić information content (AvgIpc) is 2.77. The number of thiophene rings is 1. The van der Waals surface area contributed by atoms with Crippen molar-refractivity contribution in [2.45, 2.75) is 45.1 Å². The van der Waals surface area contributed by atoms with Gasteiger partial charge in [-0.25, -0.2) is 4.79 Å². The number of urea groups is 1. The smallest absolute Gasteiger partial charge is 0.315 e. The van der Waals surface area contributed by atoms with E-state index < -0.39 is 11.5 Å². The summed E-state index contributed by atoms with van der Waals surface area (Å²) in [5.74, 6) is -0.936. The first-order chi connectivity index (χ1) is 9.12. The molecule has 0 spiro atoms. The van der Waals surface area contributed by atoms with Crippen molar-refractivity contribution < 1.29 is 14.7 Å². The van der Waals surface area contributed by atoms with Crippen molar-refractivity contribution in [1.82, 2.24) is 10.6 Å². The number of aliphatic carboxylic acids is 1. The predicted molar refractivity (Wildman–Crippen MR) is 80.2 cm³/mol. The maximum absolute atomic E-state index is 11.8. The van der Waals surface area contributed by atoms with Crippen LogP contribution in [-0.2, 0) is 10.2 Å². The fourth-order valence-electron chi connectivity index (χ4n) is 1.83. The Hall–Kier alpha value is -1.56. The highest BCUT2D eigenvalue weighted by Crippen LogP contribution is 2.26. The van der Waals surface area contributed by atoms with Crippen LogP contribution < -0.4 is 10.6 Å². The highest BCUT2D eigenvalue weighted by atomic mass is 32.1. The number of carbonyl (C=O) groups excluding carboxylic acids is 1. The molecule has 1 heterocycles. The summed E-state index contributed by atoms with van der Waals surface area (Å²) in [7, 11) is 0. The lowest BCUT2D eigenvalue weighted by atomic mass is 9.91. The van der Waals surface area contributed by atoms with Gasteiger partial charge in [-0.3, -0.25) is 4.79 Å². The zero-order chi connectivity index (χ0) is 15.4. The minimum atomic E-state index is -0.936. The second kappa shape index (κ2) is 6.26. The highest BCUT2D eigenvalue weighted by molar-refractivity contribution is 7.10. The number of amides is 2. The zero-order valence-corrected chi connectivity index (χ0v) is 13.1. The third kappa shape index (κ3) is 5.21. The molecule has 0 fully saturated rings. The maximum Gasteiger partial charge on any atom is 0.315 e. The van der Waals surface area contributed by atoms with Crippen molar-refractivity contribution in [3.8, 4) is 0 Å². The number of carboxylic acid groups (broad SMARTS) is 1. The van der Waals surface area contributed by atoms with E-state index in [2.05, 4.69) is 24.5 Å². The fourth-order valence-corrected chi connectivity index (χ4v) is 2.68. The lowest BCUT2D eigenvalue weighted by Gasteiger charge is -2.27. The van der Waals surface area contributed by atoms with Gasteiger partial charge in [0.25, 0.3) is 0 Å². The number of carbonyl (C=O) groups is 2. The molecular formula is C14H22N2O3S. The standard InChI is InChI=1S/C14H22N2O3S/c1-13(2,10-6-5-7-20-10)9-15-12(19)16-14(3,4)8-11(17)18/h5-7H,8-9H2,1-4H3,(H,17,18)(H2,15,16,19). The van der Waals surface area contributed by atoms with Gasteiger partial charge in [0, 0.05) is 22.4 Å². The van der Waals surface area contributed by atoms with Crippen LogP contribution in [0.25, 0.3) is 0 Å². The van der Waals surface area contributed by atoms with Crippen molar-refractivity contribution >= 4 is 23.3 Å². The molecule has 0 aliphatic carbocycles. The molecule has 6 heteroatoms. The maximum atomic E-state index is 11.8. The molecule has 0 aliphatic heterocycles. The molecule has 20 heavy (non-hydrogen) atoms. The van der Waals surface area contributed by atoms with Crippen molar-refractivity contribution in [2.75, 3.05) is 6.54 Å². The first-order valence-electron chi connectivity index (χ1n) is 6.44. The normalized spacial score (nSPS) is 12.0. The van der Waals surface area contributed by atoms with Crippen molar-refractivity contribution in [3.63, 3.8) is 0 Å². The van der Waals surface area contributed by atoms with Crippen LogP contribution in [0.4, 0.5) is 4.79 Å². The van der Waals surface area contributed by atoms with Crippen LogP contribution in [-0.4, -0.2) is 29.2 Å². The van der Waals surface area contributed by atoms with Gasteiger partial charge in [-0.15, -0.1) is 11.3 Å². The molecule has 5 nitrogen and oxygen atoms in total. The summed E-state index contributed by atoms with van der Waals surface area (Å²) >= 11 is 1.65. The van der Waals surface area contributed by atoms with Gasteiger partial charge in [-0.05, 0) is 25.3 Å². The Balaban J connectivity index is 2.49. The van der Waals surface area contributed by atoms with Gasteiger partial charge < -0.3 is 15.7 Å². The largest absolute Gasteiger partial charge is 0.481 e. The Kier molecular flexibility index (Phi) is 5.16. The van der Waals surface area contributed by atoms with Gasteiger partial charge in [-0.1, -0.05) is 19.9 Å². The van der Waals surface area contributed by atoms with E-state index >= 15 is 0 Å². The number of nitrogens with one attached hydrogen (secondary N) is 2. The number of rotatable bonds is 6. The van der Waals surface area contributed by atoms with Gasteiger partial charge >= 0.3 is 12.0 Å². The second-order valence-electron chi connectivity index (χ2n) is 6.12. The topological polar surface area (TPSA) is 78.4 Å². The predicted octanol–water partition coefficient (Wildman–Crippen LogP) is 2.58. The number of hydrogen-bond acceptors (Lipinski definition) is 3. The first kappa shape index (κ1) is 16.5. The molecule has 0 aliphatic rings. The van der Waals surface area contributed by atoms with Crippen molar-refractivity contribution in [2.24, 2.45) is 0 Å². The Bertz CT molecular complexity index is 467. The van der Waals surface area contributed by atoms with Crippen molar-refractivity contribution in [3.05, 3.63) is 22.4 Å². The molecule has 2 amide bonds. The third-order valence-corrected chi connectivity index (χ3v) is 4.16. The van der Waals surface area contributed by atoms with Gasteiger partial charge in [0.15, 0.2) is 0 Å². The Morgan fingerprint density at radius 3 is 2.45 bits per heavy atom. The molecule has 0 saturated heterocycles. The summed E-state index contributed by atoms with van der Waals surface area (Å²) < 4.78 is 0. The molecular weight excluding hydrogens is 276 g/mol. The van der Waals surface area contributed by atoms with E-state index in [0.717, 1.165) is 0 Å². The minimum absolute atomic E-state index is 0.116. The molecule has 0 unspecified atom stereocenters. The summed E-state index contributed by atoms with van der Waals surface area (Å²) in [5, 5.41) is 16.3. The van der Waals surface area contributed by atoms with E-state index in [0.29, 0.717) is 6.54 Å². The first-order valence-corrected chi connectivity index (χ1v) is 7.32. The SMILES string of the molecule is CC(C)(CC(=O)O)NC(=O)NCC(C)(C)c1cccs1. The van der Waals surface area contributed by atoms with E-state index in [-0.39, 0.29) is 17.9 Å². The van der Waals surface area contributed by atoms with Gasteiger partial charge in [0.05, 0.1) is 6.42 Å². The summed E-state index contributed by atoms with van der Waals surface area (Å²) in [6.07, 6.45) is -0.116. The molecule has 112 valence electrons. The third-order valence-electron chi connectivity index (χ3n) is 2.92.